The molecule has 5 heteroatoms. The number of nitrogens with one attached hydrogen (secondary N) is 1. The van der Waals surface area contributed by atoms with Crippen LogP contribution in [0.3, 0.4) is 0 Å². The third-order valence-electron chi connectivity index (χ3n) is 3.64. The Kier molecular flexibility index (Phi) is 6.02. The maximum Gasteiger partial charge on any atom is 0.257 e. The van der Waals surface area contributed by atoms with Crippen molar-refractivity contribution < 1.29 is 19.4 Å². The number of fused-ring (bicyclic) bond motifs is 1. The van der Waals surface area contributed by atoms with E-state index in [-0.39, 0.29) is 12.5 Å². The molecule has 1 aliphatic rings. The summed E-state index contributed by atoms with van der Waals surface area (Å²) in [5.74, 6) is 0.568. The molecule has 0 spiro atoms. The van der Waals surface area contributed by atoms with Gasteiger partial charge in [-0.2, -0.15) is 0 Å². The highest BCUT2D eigenvalue weighted by atomic mass is 16.5. The standard InChI is InChI=1S/C16H23NO4/c1-20-10-4-9-17-16(19)11-21-15-8-3-5-12-13(15)6-2-7-14(12)18/h3,5,8,14,18H,2,4,6-7,9-11H2,1H3,(H,17,19). The summed E-state index contributed by atoms with van der Waals surface area (Å²) in [6.45, 7) is 1.21. The molecule has 1 aromatic rings. The van der Waals surface area contributed by atoms with E-state index in [0.717, 1.165) is 36.8 Å². The molecule has 1 amide bonds. The monoisotopic (exact) mass is 293 g/mol. The first kappa shape index (κ1) is 15.8. The molecule has 1 atom stereocenters. The third-order valence-corrected chi connectivity index (χ3v) is 3.64. The summed E-state index contributed by atoms with van der Waals surface area (Å²) in [5, 5.41) is 12.8. The van der Waals surface area contributed by atoms with Crippen LogP contribution in [0, 0.1) is 0 Å². The minimum absolute atomic E-state index is 0.000466. The van der Waals surface area contributed by atoms with Gasteiger partial charge in [0.25, 0.3) is 5.91 Å². The number of aliphatic hydroxyl groups is 1. The molecule has 21 heavy (non-hydrogen) atoms. The van der Waals surface area contributed by atoms with Gasteiger partial charge in [0.15, 0.2) is 6.61 Å². The van der Waals surface area contributed by atoms with Gasteiger partial charge in [0.2, 0.25) is 0 Å². The van der Waals surface area contributed by atoms with Gasteiger partial charge in [0, 0.05) is 20.3 Å². The second-order valence-electron chi connectivity index (χ2n) is 5.22. The summed E-state index contributed by atoms with van der Waals surface area (Å²) in [5.41, 5.74) is 1.96. The Morgan fingerprint density at radius 3 is 3.14 bits per heavy atom. The molecule has 0 fully saturated rings. The van der Waals surface area contributed by atoms with Gasteiger partial charge < -0.3 is 19.9 Å². The molecule has 1 unspecified atom stereocenters. The number of rotatable bonds is 7. The zero-order valence-corrected chi connectivity index (χ0v) is 12.4. The van der Waals surface area contributed by atoms with Crippen molar-refractivity contribution in [3.05, 3.63) is 29.3 Å². The number of carbonyl (C=O) groups excluding carboxylic acids is 1. The van der Waals surface area contributed by atoms with E-state index in [4.69, 9.17) is 9.47 Å². The molecule has 0 aliphatic heterocycles. The average Bonchev–Trinajstić information content (AvgIpc) is 2.50. The van der Waals surface area contributed by atoms with Crippen molar-refractivity contribution in [1.82, 2.24) is 5.32 Å². The van der Waals surface area contributed by atoms with Gasteiger partial charge in [0.1, 0.15) is 5.75 Å². The molecule has 1 aromatic carbocycles. The van der Waals surface area contributed by atoms with Crippen LogP contribution < -0.4 is 10.1 Å². The van der Waals surface area contributed by atoms with Crippen LogP contribution in [-0.2, 0) is 16.0 Å². The van der Waals surface area contributed by atoms with Gasteiger partial charge in [-0.3, -0.25) is 4.79 Å². The molecular formula is C16H23NO4. The smallest absolute Gasteiger partial charge is 0.257 e. The van der Waals surface area contributed by atoms with Crippen LogP contribution in [-0.4, -0.2) is 37.9 Å². The van der Waals surface area contributed by atoms with Crippen molar-refractivity contribution >= 4 is 5.91 Å². The Morgan fingerprint density at radius 1 is 1.48 bits per heavy atom. The number of aliphatic hydroxyl groups excluding tert-OH is 1. The molecule has 0 saturated heterocycles. The first-order valence-corrected chi connectivity index (χ1v) is 7.40. The Hall–Kier alpha value is -1.59. The molecule has 2 rings (SSSR count). The van der Waals surface area contributed by atoms with Crippen LogP contribution in [0.5, 0.6) is 5.75 Å². The van der Waals surface area contributed by atoms with Crippen LogP contribution >= 0.6 is 0 Å². The lowest BCUT2D eigenvalue weighted by molar-refractivity contribution is -0.123. The molecule has 0 radical (unpaired) electrons. The summed E-state index contributed by atoms with van der Waals surface area (Å²) in [6, 6.07) is 5.64. The van der Waals surface area contributed by atoms with Crippen molar-refractivity contribution in [3.63, 3.8) is 0 Å². The van der Waals surface area contributed by atoms with Crippen molar-refractivity contribution in [3.8, 4) is 5.75 Å². The molecule has 0 heterocycles. The van der Waals surface area contributed by atoms with E-state index >= 15 is 0 Å². The molecule has 0 bridgehead atoms. The lowest BCUT2D eigenvalue weighted by Gasteiger charge is -2.23. The molecule has 0 saturated carbocycles. The molecular weight excluding hydrogens is 270 g/mol. The minimum Gasteiger partial charge on any atom is -0.483 e. The number of amides is 1. The van der Waals surface area contributed by atoms with E-state index in [0.29, 0.717) is 18.9 Å². The second kappa shape index (κ2) is 8.00. The summed E-state index contributed by atoms with van der Waals surface area (Å²) in [6.07, 6.45) is 2.99. The largest absolute Gasteiger partial charge is 0.483 e. The molecule has 1 aliphatic carbocycles. The van der Waals surface area contributed by atoms with E-state index in [1.54, 1.807) is 7.11 Å². The van der Waals surface area contributed by atoms with Gasteiger partial charge in [-0.05, 0) is 42.9 Å². The van der Waals surface area contributed by atoms with E-state index in [9.17, 15) is 9.90 Å². The summed E-state index contributed by atoms with van der Waals surface area (Å²) < 4.78 is 10.5. The van der Waals surface area contributed by atoms with Gasteiger partial charge in [-0.25, -0.2) is 0 Å². The first-order chi connectivity index (χ1) is 10.2. The predicted molar refractivity (Wildman–Crippen MR) is 79.3 cm³/mol. The highest BCUT2D eigenvalue weighted by molar-refractivity contribution is 5.77. The Morgan fingerprint density at radius 2 is 2.33 bits per heavy atom. The normalized spacial score (nSPS) is 17.1. The lowest BCUT2D eigenvalue weighted by Crippen LogP contribution is -2.30. The highest BCUT2D eigenvalue weighted by Crippen LogP contribution is 2.35. The van der Waals surface area contributed by atoms with Crippen molar-refractivity contribution in [2.45, 2.75) is 31.8 Å². The van der Waals surface area contributed by atoms with Gasteiger partial charge in [-0.1, -0.05) is 12.1 Å². The summed E-state index contributed by atoms with van der Waals surface area (Å²) in [7, 11) is 1.64. The van der Waals surface area contributed by atoms with Crippen LogP contribution in [0.4, 0.5) is 0 Å². The third kappa shape index (κ3) is 4.44. The second-order valence-corrected chi connectivity index (χ2v) is 5.22. The average molecular weight is 293 g/mol. The molecule has 0 aromatic heterocycles. The number of ether oxygens (including phenoxy) is 2. The van der Waals surface area contributed by atoms with E-state index < -0.39 is 6.10 Å². The van der Waals surface area contributed by atoms with Crippen LogP contribution in [0.25, 0.3) is 0 Å². The Bertz CT molecular complexity index is 475. The molecule has 2 N–H and O–H groups in total. The Labute approximate surface area is 125 Å². The van der Waals surface area contributed by atoms with Gasteiger partial charge in [-0.15, -0.1) is 0 Å². The van der Waals surface area contributed by atoms with Crippen molar-refractivity contribution in [2.24, 2.45) is 0 Å². The van der Waals surface area contributed by atoms with Crippen molar-refractivity contribution in [1.29, 1.82) is 0 Å². The number of methoxy groups -OCH3 is 1. The topological polar surface area (TPSA) is 67.8 Å². The van der Waals surface area contributed by atoms with E-state index in [1.165, 1.54) is 0 Å². The zero-order valence-electron chi connectivity index (χ0n) is 12.4. The fraction of sp³-hybridized carbons (Fsp3) is 0.562. The fourth-order valence-electron chi connectivity index (χ4n) is 2.56. The van der Waals surface area contributed by atoms with Crippen LogP contribution in [0.2, 0.25) is 0 Å². The number of hydrogen-bond donors (Lipinski definition) is 2. The highest BCUT2D eigenvalue weighted by Gasteiger charge is 2.21. The number of hydrogen-bond acceptors (Lipinski definition) is 4. The maximum atomic E-state index is 11.7. The summed E-state index contributed by atoms with van der Waals surface area (Å²) >= 11 is 0. The first-order valence-electron chi connectivity index (χ1n) is 7.40. The SMILES string of the molecule is COCCCNC(=O)COc1cccc2c1CCCC2O. The van der Waals surface area contributed by atoms with Crippen molar-refractivity contribution in [2.75, 3.05) is 26.9 Å². The summed E-state index contributed by atoms with van der Waals surface area (Å²) in [4.78, 5) is 11.7. The van der Waals surface area contributed by atoms with Crippen LogP contribution in [0.15, 0.2) is 18.2 Å². The van der Waals surface area contributed by atoms with Crippen LogP contribution in [0.1, 0.15) is 36.5 Å². The molecule has 5 nitrogen and oxygen atoms in total. The van der Waals surface area contributed by atoms with Gasteiger partial charge in [0.05, 0.1) is 6.10 Å². The zero-order chi connectivity index (χ0) is 15.1. The van der Waals surface area contributed by atoms with E-state index in [2.05, 4.69) is 5.32 Å². The Balaban J connectivity index is 1.86. The quantitative estimate of drug-likeness (QED) is 0.749. The maximum absolute atomic E-state index is 11.7. The van der Waals surface area contributed by atoms with E-state index in [1.807, 2.05) is 18.2 Å². The minimum atomic E-state index is -0.417. The predicted octanol–water partition coefficient (Wildman–Crippen LogP) is 1.59. The van der Waals surface area contributed by atoms with Gasteiger partial charge >= 0.3 is 0 Å². The fourth-order valence-corrected chi connectivity index (χ4v) is 2.56. The lowest BCUT2D eigenvalue weighted by atomic mass is 9.89. The molecule has 116 valence electrons. The number of carbonyl (C=O) groups is 1. The number of benzene rings is 1.